The number of carbonyl (C=O) groups excluding carboxylic acids is 1. The van der Waals surface area contributed by atoms with Crippen molar-refractivity contribution in [2.45, 2.75) is 38.6 Å². The number of aromatic nitrogens is 3. The number of methoxy groups -OCH3 is 1. The Kier molecular flexibility index (Phi) is 8.65. The summed E-state index contributed by atoms with van der Waals surface area (Å²) in [5, 5.41) is 12.1. The largest absolute Gasteiger partial charge is 0.493 e. The summed E-state index contributed by atoms with van der Waals surface area (Å²) in [4.78, 5) is 12.3. The molecule has 0 radical (unpaired) electrons. The molecule has 0 atom stereocenters. The Labute approximate surface area is 195 Å². The van der Waals surface area contributed by atoms with E-state index in [1.54, 1.807) is 12.1 Å². The number of nitrogens with zero attached hydrogens (tertiary/aromatic N) is 3. The second-order valence-electron chi connectivity index (χ2n) is 7.17. The van der Waals surface area contributed by atoms with Gasteiger partial charge in [0.15, 0.2) is 22.5 Å². The second kappa shape index (κ2) is 11.6. The topological polar surface area (TPSA) is 78.3 Å². The molecule has 1 heterocycles. The van der Waals surface area contributed by atoms with Crippen molar-refractivity contribution in [2.24, 2.45) is 0 Å². The van der Waals surface area contributed by atoms with E-state index in [9.17, 15) is 13.6 Å². The standard InChI is InChI=1S/C23H26F2N4O3S/c1-4-29-21(17-7-5-6-15(2)12-17)27-28-23(29)33-14-20(30)26-11-10-16-8-9-18(31-3)19(13-16)32-22(24)25/h5-9,12-13,22H,4,10-11,14H2,1-3H3,(H,26,30). The van der Waals surface area contributed by atoms with Gasteiger partial charge in [-0.2, -0.15) is 8.78 Å². The Morgan fingerprint density at radius 1 is 1.18 bits per heavy atom. The lowest BCUT2D eigenvalue weighted by atomic mass is 10.1. The van der Waals surface area contributed by atoms with Crippen LogP contribution in [0.2, 0.25) is 0 Å². The lowest BCUT2D eigenvalue weighted by molar-refractivity contribution is -0.118. The van der Waals surface area contributed by atoms with Crippen molar-refractivity contribution in [3.05, 3.63) is 53.6 Å². The van der Waals surface area contributed by atoms with Gasteiger partial charge in [-0.25, -0.2) is 0 Å². The second-order valence-corrected chi connectivity index (χ2v) is 8.11. The van der Waals surface area contributed by atoms with Crippen molar-refractivity contribution in [1.82, 2.24) is 20.1 Å². The number of halogens is 2. The normalized spacial score (nSPS) is 11.0. The first-order chi connectivity index (χ1) is 15.9. The van der Waals surface area contributed by atoms with Crippen LogP contribution in [0.3, 0.4) is 0 Å². The molecule has 2 aromatic carbocycles. The maximum absolute atomic E-state index is 12.6. The van der Waals surface area contributed by atoms with E-state index in [2.05, 4.69) is 20.3 Å². The van der Waals surface area contributed by atoms with E-state index in [4.69, 9.17) is 4.74 Å². The molecule has 3 aromatic rings. The average Bonchev–Trinajstić information content (AvgIpc) is 3.20. The molecule has 0 saturated carbocycles. The number of thioether (sulfide) groups is 1. The molecule has 1 aromatic heterocycles. The average molecular weight is 477 g/mol. The van der Waals surface area contributed by atoms with E-state index in [1.807, 2.05) is 42.7 Å². The number of hydrogen-bond acceptors (Lipinski definition) is 6. The predicted molar refractivity (Wildman–Crippen MR) is 123 cm³/mol. The molecule has 3 rings (SSSR count). The van der Waals surface area contributed by atoms with E-state index in [0.717, 1.165) is 22.5 Å². The molecule has 0 saturated heterocycles. The third-order valence-electron chi connectivity index (χ3n) is 4.82. The van der Waals surface area contributed by atoms with E-state index in [-0.39, 0.29) is 23.2 Å². The molecule has 1 amide bonds. The Bertz CT molecular complexity index is 1090. The van der Waals surface area contributed by atoms with Crippen LogP contribution < -0.4 is 14.8 Å². The molecule has 0 bridgehead atoms. The van der Waals surface area contributed by atoms with Crippen LogP contribution in [0.1, 0.15) is 18.1 Å². The third-order valence-corrected chi connectivity index (χ3v) is 5.79. The third kappa shape index (κ3) is 6.67. The molecule has 0 aliphatic rings. The zero-order chi connectivity index (χ0) is 23.8. The summed E-state index contributed by atoms with van der Waals surface area (Å²) in [7, 11) is 1.38. The summed E-state index contributed by atoms with van der Waals surface area (Å²) in [5.41, 5.74) is 2.86. The van der Waals surface area contributed by atoms with Gasteiger partial charge in [0.2, 0.25) is 5.91 Å². The SMILES string of the molecule is CCn1c(SCC(=O)NCCc2ccc(OC)c(OC(F)F)c2)nnc1-c1cccc(C)c1. The Balaban J connectivity index is 1.53. The van der Waals surface area contributed by atoms with Gasteiger partial charge in [-0.3, -0.25) is 4.79 Å². The Hall–Kier alpha value is -3.14. The zero-order valence-corrected chi connectivity index (χ0v) is 19.5. The van der Waals surface area contributed by atoms with Crippen molar-refractivity contribution >= 4 is 17.7 Å². The quantitative estimate of drug-likeness (QED) is 0.415. The number of aryl methyl sites for hydroxylation is 1. The van der Waals surface area contributed by atoms with Crippen molar-refractivity contribution in [2.75, 3.05) is 19.4 Å². The lowest BCUT2D eigenvalue weighted by Crippen LogP contribution is -2.27. The molecule has 0 aliphatic carbocycles. The van der Waals surface area contributed by atoms with Crippen molar-refractivity contribution in [3.8, 4) is 22.9 Å². The first-order valence-corrected chi connectivity index (χ1v) is 11.4. The fourth-order valence-corrected chi connectivity index (χ4v) is 4.10. The Morgan fingerprint density at radius 2 is 2.00 bits per heavy atom. The predicted octanol–water partition coefficient (Wildman–Crippen LogP) is 4.33. The van der Waals surface area contributed by atoms with Crippen LogP contribution in [0.4, 0.5) is 8.78 Å². The van der Waals surface area contributed by atoms with Gasteiger partial charge < -0.3 is 19.4 Å². The molecule has 10 heteroatoms. The minimum absolute atomic E-state index is 0.0322. The number of alkyl halides is 2. The molecular weight excluding hydrogens is 450 g/mol. The van der Waals surface area contributed by atoms with Crippen LogP contribution in [-0.2, 0) is 17.8 Å². The summed E-state index contributed by atoms with van der Waals surface area (Å²) in [6.07, 6.45) is 0.461. The molecule has 33 heavy (non-hydrogen) atoms. The van der Waals surface area contributed by atoms with Crippen LogP contribution in [0, 0.1) is 6.92 Å². The lowest BCUT2D eigenvalue weighted by Gasteiger charge is -2.12. The van der Waals surface area contributed by atoms with E-state index in [1.165, 1.54) is 24.9 Å². The highest BCUT2D eigenvalue weighted by atomic mass is 32.2. The summed E-state index contributed by atoms with van der Waals surface area (Å²) >= 11 is 1.32. The van der Waals surface area contributed by atoms with Crippen LogP contribution >= 0.6 is 11.8 Å². The number of nitrogens with one attached hydrogen (secondary N) is 1. The molecule has 0 aliphatic heterocycles. The van der Waals surface area contributed by atoms with Gasteiger partial charge in [0.25, 0.3) is 0 Å². The van der Waals surface area contributed by atoms with Gasteiger partial charge >= 0.3 is 6.61 Å². The minimum atomic E-state index is -2.94. The monoisotopic (exact) mass is 476 g/mol. The van der Waals surface area contributed by atoms with Crippen molar-refractivity contribution in [1.29, 1.82) is 0 Å². The van der Waals surface area contributed by atoms with Gasteiger partial charge in [0.1, 0.15) is 0 Å². The highest BCUT2D eigenvalue weighted by molar-refractivity contribution is 7.99. The number of rotatable bonds is 11. The maximum Gasteiger partial charge on any atom is 0.387 e. The highest BCUT2D eigenvalue weighted by Crippen LogP contribution is 2.29. The first-order valence-electron chi connectivity index (χ1n) is 10.4. The van der Waals surface area contributed by atoms with E-state index in [0.29, 0.717) is 24.7 Å². The highest BCUT2D eigenvalue weighted by Gasteiger charge is 2.15. The fraction of sp³-hybridized carbons (Fsp3) is 0.348. The van der Waals surface area contributed by atoms with Crippen molar-refractivity contribution < 1.29 is 23.0 Å². The number of amides is 1. The molecule has 176 valence electrons. The van der Waals surface area contributed by atoms with Gasteiger partial charge in [-0.1, -0.05) is 41.6 Å². The van der Waals surface area contributed by atoms with Gasteiger partial charge in [0.05, 0.1) is 12.9 Å². The smallest absolute Gasteiger partial charge is 0.387 e. The number of ether oxygens (including phenoxy) is 2. The molecular formula is C23H26F2N4O3S. The van der Waals surface area contributed by atoms with Gasteiger partial charge in [-0.15, -0.1) is 10.2 Å². The minimum Gasteiger partial charge on any atom is -0.493 e. The molecule has 7 nitrogen and oxygen atoms in total. The molecule has 0 spiro atoms. The maximum atomic E-state index is 12.6. The Morgan fingerprint density at radius 3 is 2.70 bits per heavy atom. The summed E-state index contributed by atoms with van der Waals surface area (Å²) in [6.45, 7) is 2.13. The van der Waals surface area contributed by atoms with Gasteiger partial charge in [0, 0.05) is 18.7 Å². The summed E-state index contributed by atoms with van der Waals surface area (Å²) < 4.78 is 36.6. The summed E-state index contributed by atoms with van der Waals surface area (Å²) in [6, 6.07) is 12.8. The van der Waals surface area contributed by atoms with Crippen LogP contribution in [0.15, 0.2) is 47.6 Å². The molecule has 0 fully saturated rings. The van der Waals surface area contributed by atoms with Crippen LogP contribution in [-0.4, -0.2) is 46.7 Å². The van der Waals surface area contributed by atoms with Crippen LogP contribution in [0.5, 0.6) is 11.5 Å². The number of benzene rings is 2. The zero-order valence-electron chi connectivity index (χ0n) is 18.7. The first kappa shape index (κ1) is 24.5. The van der Waals surface area contributed by atoms with Gasteiger partial charge in [-0.05, 0) is 44.0 Å². The number of hydrogen-bond donors (Lipinski definition) is 1. The fourth-order valence-electron chi connectivity index (χ4n) is 3.27. The summed E-state index contributed by atoms with van der Waals surface area (Å²) in [5.74, 6) is 0.999. The van der Waals surface area contributed by atoms with Crippen molar-refractivity contribution in [3.63, 3.8) is 0 Å². The van der Waals surface area contributed by atoms with E-state index >= 15 is 0 Å². The number of carbonyl (C=O) groups is 1. The van der Waals surface area contributed by atoms with Crippen LogP contribution in [0.25, 0.3) is 11.4 Å². The molecule has 0 unspecified atom stereocenters. The van der Waals surface area contributed by atoms with E-state index < -0.39 is 6.61 Å². The molecule has 1 N–H and O–H groups in total.